The summed E-state index contributed by atoms with van der Waals surface area (Å²) in [4.78, 5) is 0. The molecular formula is C14H21NO3S. The van der Waals surface area contributed by atoms with Crippen LogP contribution in [0.2, 0.25) is 0 Å². The molecule has 1 aromatic carbocycles. The molecule has 0 spiro atoms. The van der Waals surface area contributed by atoms with Gasteiger partial charge in [-0.05, 0) is 36.7 Å². The Morgan fingerprint density at radius 3 is 2.47 bits per heavy atom. The molecule has 0 aliphatic heterocycles. The van der Waals surface area contributed by atoms with Crippen molar-refractivity contribution in [2.75, 3.05) is 18.9 Å². The second kappa shape index (κ2) is 6.03. The van der Waals surface area contributed by atoms with Gasteiger partial charge in [0.05, 0.1) is 5.75 Å². The Hall–Kier alpha value is -0.910. The molecule has 1 saturated carbocycles. The van der Waals surface area contributed by atoms with Crippen molar-refractivity contribution >= 4 is 10.0 Å². The van der Waals surface area contributed by atoms with Crippen LogP contribution in [0.1, 0.15) is 24.8 Å². The molecular weight excluding hydrogens is 262 g/mol. The van der Waals surface area contributed by atoms with Crippen molar-refractivity contribution in [3.8, 4) is 0 Å². The van der Waals surface area contributed by atoms with Crippen molar-refractivity contribution in [2.24, 2.45) is 5.41 Å². The molecule has 1 aromatic rings. The molecule has 0 saturated heterocycles. The van der Waals surface area contributed by atoms with E-state index in [1.807, 2.05) is 30.3 Å². The van der Waals surface area contributed by atoms with E-state index in [-0.39, 0.29) is 17.8 Å². The van der Waals surface area contributed by atoms with Crippen LogP contribution < -0.4 is 4.72 Å². The smallest absolute Gasteiger partial charge is 0.211 e. The van der Waals surface area contributed by atoms with Gasteiger partial charge in [0, 0.05) is 13.2 Å². The maximum Gasteiger partial charge on any atom is 0.211 e. The summed E-state index contributed by atoms with van der Waals surface area (Å²) >= 11 is 0. The van der Waals surface area contributed by atoms with E-state index in [2.05, 4.69) is 4.72 Å². The standard InChI is InChI=1S/C14H21NO3S/c16-10-9-14(7-8-14)12-15-19(17,18)11-6-13-4-2-1-3-5-13/h1-5,15-16H,6-12H2. The molecule has 0 heterocycles. The lowest BCUT2D eigenvalue weighted by atomic mass is 10.0. The van der Waals surface area contributed by atoms with Crippen LogP contribution in [0.3, 0.4) is 0 Å². The molecule has 0 bridgehead atoms. The lowest BCUT2D eigenvalue weighted by Gasteiger charge is -2.14. The van der Waals surface area contributed by atoms with E-state index in [0.717, 1.165) is 18.4 Å². The fourth-order valence-corrected chi connectivity index (χ4v) is 3.34. The van der Waals surface area contributed by atoms with E-state index in [9.17, 15) is 8.42 Å². The first-order chi connectivity index (χ1) is 9.05. The fraction of sp³-hybridized carbons (Fsp3) is 0.571. The van der Waals surface area contributed by atoms with Gasteiger partial charge in [0.2, 0.25) is 10.0 Å². The highest BCUT2D eigenvalue weighted by Crippen LogP contribution is 2.47. The van der Waals surface area contributed by atoms with Crippen LogP contribution in [0.5, 0.6) is 0 Å². The quantitative estimate of drug-likeness (QED) is 0.756. The summed E-state index contributed by atoms with van der Waals surface area (Å²) in [7, 11) is -3.22. The summed E-state index contributed by atoms with van der Waals surface area (Å²) in [5.74, 6) is 0.117. The molecule has 1 aliphatic rings. The van der Waals surface area contributed by atoms with Gasteiger partial charge in [0.25, 0.3) is 0 Å². The van der Waals surface area contributed by atoms with Crippen LogP contribution in [0.25, 0.3) is 0 Å². The summed E-state index contributed by atoms with van der Waals surface area (Å²) < 4.78 is 26.5. The van der Waals surface area contributed by atoms with E-state index >= 15 is 0 Å². The van der Waals surface area contributed by atoms with Crippen LogP contribution in [0.4, 0.5) is 0 Å². The first kappa shape index (κ1) is 14.5. The van der Waals surface area contributed by atoms with Gasteiger partial charge in [-0.1, -0.05) is 30.3 Å². The average Bonchev–Trinajstić information content (AvgIpc) is 3.17. The number of aryl methyl sites for hydroxylation is 1. The number of aliphatic hydroxyl groups excluding tert-OH is 1. The van der Waals surface area contributed by atoms with Crippen molar-refractivity contribution in [1.29, 1.82) is 0 Å². The van der Waals surface area contributed by atoms with Crippen LogP contribution >= 0.6 is 0 Å². The number of sulfonamides is 1. The number of aliphatic hydroxyl groups is 1. The van der Waals surface area contributed by atoms with E-state index < -0.39 is 10.0 Å². The Morgan fingerprint density at radius 2 is 1.89 bits per heavy atom. The average molecular weight is 283 g/mol. The first-order valence-electron chi connectivity index (χ1n) is 6.67. The molecule has 2 rings (SSSR count). The van der Waals surface area contributed by atoms with Gasteiger partial charge >= 0.3 is 0 Å². The summed E-state index contributed by atoms with van der Waals surface area (Å²) in [5.41, 5.74) is 1.05. The summed E-state index contributed by atoms with van der Waals surface area (Å²) in [5, 5.41) is 8.95. The molecule has 2 N–H and O–H groups in total. The predicted octanol–water partition coefficient (Wildman–Crippen LogP) is 1.31. The normalized spacial score (nSPS) is 17.3. The number of benzene rings is 1. The summed E-state index contributed by atoms with van der Waals surface area (Å²) in [6, 6.07) is 9.61. The Labute approximate surface area is 114 Å². The lowest BCUT2D eigenvalue weighted by Crippen LogP contribution is -2.33. The van der Waals surface area contributed by atoms with Gasteiger partial charge < -0.3 is 5.11 Å². The van der Waals surface area contributed by atoms with Crippen LogP contribution in [-0.2, 0) is 16.4 Å². The molecule has 0 unspecified atom stereocenters. The third kappa shape index (κ3) is 4.60. The Balaban J connectivity index is 1.79. The summed E-state index contributed by atoms with van der Waals surface area (Å²) in [6.45, 7) is 0.594. The van der Waals surface area contributed by atoms with Crippen LogP contribution in [0, 0.1) is 5.41 Å². The molecule has 1 aliphatic carbocycles. The maximum absolute atomic E-state index is 11.9. The van der Waals surface area contributed by atoms with E-state index in [0.29, 0.717) is 19.4 Å². The molecule has 106 valence electrons. The molecule has 5 heteroatoms. The highest BCUT2D eigenvalue weighted by Gasteiger charge is 2.42. The third-order valence-electron chi connectivity index (χ3n) is 3.77. The molecule has 0 aromatic heterocycles. The second-order valence-corrected chi connectivity index (χ2v) is 7.28. The monoisotopic (exact) mass is 283 g/mol. The zero-order valence-corrected chi connectivity index (χ0v) is 11.8. The largest absolute Gasteiger partial charge is 0.396 e. The fourth-order valence-electron chi connectivity index (χ4n) is 2.16. The topological polar surface area (TPSA) is 66.4 Å². The zero-order valence-electron chi connectivity index (χ0n) is 11.0. The van der Waals surface area contributed by atoms with Crippen LogP contribution in [-0.4, -0.2) is 32.4 Å². The minimum Gasteiger partial charge on any atom is -0.396 e. The van der Waals surface area contributed by atoms with Crippen molar-refractivity contribution in [3.05, 3.63) is 35.9 Å². The van der Waals surface area contributed by atoms with Gasteiger partial charge in [-0.2, -0.15) is 0 Å². The molecule has 19 heavy (non-hydrogen) atoms. The highest BCUT2D eigenvalue weighted by molar-refractivity contribution is 7.89. The Morgan fingerprint density at radius 1 is 1.21 bits per heavy atom. The highest BCUT2D eigenvalue weighted by atomic mass is 32.2. The second-order valence-electron chi connectivity index (χ2n) is 5.35. The Bertz CT molecular complexity index is 495. The van der Waals surface area contributed by atoms with E-state index in [1.54, 1.807) is 0 Å². The number of hydrogen-bond acceptors (Lipinski definition) is 3. The number of hydrogen-bond donors (Lipinski definition) is 2. The molecule has 1 fully saturated rings. The number of nitrogens with one attached hydrogen (secondary N) is 1. The third-order valence-corrected chi connectivity index (χ3v) is 5.09. The molecule has 0 amide bonds. The van der Waals surface area contributed by atoms with Gasteiger partial charge in [-0.15, -0.1) is 0 Å². The number of rotatable bonds is 8. The maximum atomic E-state index is 11.9. The minimum absolute atomic E-state index is 0.0224. The first-order valence-corrected chi connectivity index (χ1v) is 8.33. The SMILES string of the molecule is O=S(=O)(CCc1ccccc1)NCC1(CCO)CC1. The summed E-state index contributed by atoms with van der Waals surface area (Å²) in [6.07, 6.45) is 3.24. The van der Waals surface area contributed by atoms with Gasteiger partial charge in [-0.3, -0.25) is 0 Å². The van der Waals surface area contributed by atoms with Gasteiger partial charge in [0.15, 0.2) is 0 Å². The van der Waals surface area contributed by atoms with Crippen molar-refractivity contribution < 1.29 is 13.5 Å². The Kier molecular flexibility index (Phi) is 4.60. The van der Waals surface area contributed by atoms with Gasteiger partial charge in [-0.25, -0.2) is 13.1 Å². The molecule has 0 atom stereocenters. The predicted molar refractivity (Wildman–Crippen MR) is 75.3 cm³/mol. The minimum atomic E-state index is -3.22. The van der Waals surface area contributed by atoms with Crippen molar-refractivity contribution in [2.45, 2.75) is 25.7 Å². The lowest BCUT2D eigenvalue weighted by molar-refractivity contribution is 0.249. The van der Waals surface area contributed by atoms with Crippen LogP contribution in [0.15, 0.2) is 30.3 Å². The zero-order chi connectivity index (χ0) is 13.8. The van der Waals surface area contributed by atoms with E-state index in [1.165, 1.54) is 0 Å². The van der Waals surface area contributed by atoms with Crippen molar-refractivity contribution in [3.63, 3.8) is 0 Å². The van der Waals surface area contributed by atoms with Gasteiger partial charge in [0.1, 0.15) is 0 Å². The van der Waals surface area contributed by atoms with Crippen molar-refractivity contribution in [1.82, 2.24) is 4.72 Å². The molecule has 4 nitrogen and oxygen atoms in total. The molecule has 0 radical (unpaired) electrons. The van der Waals surface area contributed by atoms with E-state index in [4.69, 9.17) is 5.11 Å².